The lowest BCUT2D eigenvalue weighted by Crippen LogP contribution is -2.10. The number of carbonyl (C=O) groups is 1. The van der Waals surface area contributed by atoms with Gasteiger partial charge in [0, 0.05) is 0 Å². The first-order chi connectivity index (χ1) is 11.7. The molecule has 0 radical (unpaired) electrons. The smallest absolute Gasteiger partial charge is 0.260 e. The Morgan fingerprint density at radius 2 is 2.29 bits per heavy atom. The quantitative estimate of drug-likeness (QED) is 0.602. The second-order valence-corrected chi connectivity index (χ2v) is 6.69. The van der Waals surface area contributed by atoms with Gasteiger partial charge in [-0.25, -0.2) is 4.98 Å². The molecular formula is C14H10N6O2S2. The number of hydrogen-bond donors (Lipinski definition) is 1. The zero-order chi connectivity index (χ0) is 16.5. The van der Waals surface area contributed by atoms with Crippen LogP contribution in [0.4, 0.5) is 5.13 Å². The monoisotopic (exact) mass is 358 g/mol. The van der Waals surface area contributed by atoms with Gasteiger partial charge < -0.3 is 4.42 Å². The van der Waals surface area contributed by atoms with Crippen molar-refractivity contribution in [3.63, 3.8) is 0 Å². The summed E-state index contributed by atoms with van der Waals surface area (Å²) in [5, 5.41) is 17.4. The molecule has 4 heterocycles. The maximum absolute atomic E-state index is 12.2. The van der Waals surface area contributed by atoms with Gasteiger partial charge in [0.1, 0.15) is 16.8 Å². The summed E-state index contributed by atoms with van der Waals surface area (Å²) in [6.07, 6.45) is 2.83. The summed E-state index contributed by atoms with van der Waals surface area (Å²) in [5.74, 6) is 0.191. The van der Waals surface area contributed by atoms with Gasteiger partial charge in [-0.2, -0.15) is 4.80 Å². The molecule has 1 amide bonds. The van der Waals surface area contributed by atoms with Crippen LogP contribution < -0.4 is 5.32 Å². The van der Waals surface area contributed by atoms with Crippen molar-refractivity contribution in [2.24, 2.45) is 7.05 Å². The number of aryl methyl sites for hydroxylation is 1. The lowest BCUT2D eigenvalue weighted by atomic mass is 10.3. The van der Waals surface area contributed by atoms with Crippen LogP contribution in [0.2, 0.25) is 0 Å². The van der Waals surface area contributed by atoms with E-state index in [9.17, 15) is 4.79 Å². The topological polar surface area (TPSA) is 98.7 Å². The van der Waals surface area contributed by atoms with Gasteiger partial charge in [0.25, 0.3) is 5.91 Å². The van der Waals surface area contributed by atoms with E-state index in [1.165, 1.54) is 28.7 Å². The SMILES string of the molecule is Cn1nnc(-c2sc(NC(=O)c3ccoc3)nc2-c2cccs2)n1. The summed E-state index contributed by atoms with van der Waals surface area (Å²) in [7, 11) is 1.70. The maximum atomic E-state index is 12.2. The lowest BCUT2D eigenvalue weighted by Gasteiger charge is -1.97. The summed E-state index contributed by atoms with van der Waals surface area (Å²) in [5.41, 5.74) is 1.16. The van der Waals surface area contributed by atoms with Gasteiger partial charge in [-0.15, -0.1) is 21.5 Å². The van der Waals surface area contributed by atoms with E-state index in [4.69, 9.17) is 4.42 Å². The second kappa shape index (κ2) is 5.98. The van der Waals surface area contributed by atoms with E-state index >= 15 is 0 Å². The number of tetrazole rings is 1. The summed E-state index contributed by atoms with van der Waals surface area (Å²) in [4.78, 5) is 19.8. The molecule has 10 heteroatoms. The van der Waals surface area contributed by atoms with Crippen LogP contribution in [-0.4, -0.2) is 31.1 Å². The first-order valence-corrected chi connectivity index (χ1v) is 8.53. The molecule has 0 spiro atoms. The predicted molar refractivity (Wildman–Crippen MR) is 89.9 cm³/mol. The van der Waals surface area contributed by atoms with E-state index in [0.717, 1.165) is 15.4 Å². The largest absolute Gasteiger partial charge is 0.472 e. The third kappa shape index (κ3) is 2.72. The molecular weight excluding hydrogens is 348 g/mol. The Morgan fingerprint density at radius 3 is 2.96 bits per heavy atom. The van der Waals surface area contributed by atoms with Gasteiger partial charge in [0.05, 0.1) is 23.8 Å². The van der Waals surface area contributed by atoms with Crippen molar-refractivity contribution >= 4 is 33.7 Å². The minimum Gasteiger partial charge on any atom is -0.472 e. The number of thiophene rings is 1. The summed E-state index contributed by atoms with van der Waals surface area (Å²) < 4.78 is 4.93. The minimum atomic E-state index is -0.283. The molecule has 0 atom stereocenters. The first-order valence-electron chi connectivity index (χ1n) is 6.83. The summed E-state index contributed by atoms with van der Waals surface area (Å²) >= 11 is 2.86. The highest BCUT2D eigenvalue weighted by Crippen LogP contribution is 2.39. The van der Waals surface area contributed by atoms with Crippen molar-refractivity contribution < 1.29 is 9.21 Å². The molecule has 0 unspecified atom stereocenters. The van der Waals surface area contributed by atoms with Gasteiger partial charge in [0.2, 0.25) is 5.82 Å². The molecule has 0 aliphatic carbocycles. The number of nitrogens with zero attached hydrogens (tertiary/aromatic N) is 5. The van der Waals surface area contributed by atoms with Crippen molar-refractivity contribution in [1.29, 1.82) is 0 Å². The molecule has 24 heavy (non-hydrogen) atoms. The van der Waals surface area contributed by atoms with Crippen LogP contribution in [0.15, 0.2) is 40.5 Å². The Balaban J connectivity index is 1.73. The van der Waals surface area contributed by atoms with Gasteiger partial charge in [-0.3, -0.25) is 10.1 Å². The van der Waals surface area contributed by atoms with Crippen LogP contribution in [0, 0.1) is 0 Å². The highest BCUT2D eigenvalue weighted by atomic mass is 32.1. The summed E-state index contributed by atoms with van der Waals surface area (Å²) in [6.45, 7) is 0. The Labute approximate surface area is 143 Å². The Bertz CT molecular complexity index is 971. The third-order valence-corrected chi connectivity index (χ3v) is 4.94. The van der Waals surface area contributed by atoms with Crippen molar-refractivity contribution in [2.45, 2.75) is 0 Å². The number of aromatic nitrogens is 5. The normalized spacial score (nSPS) is 10.9. The molecule has 4 aromatic rings. The van der Waals surface area contributed by atoms with Crippen LogP contribution in [0.25, 0.3) is 21.3 Å². The fraction of sp³-hybridized carbons (Fsp3) is 0.0714. The van der Waals surface area contributed by atoms with Gasteiger partial charge in [0.15, 0.2) is 5.13 Å². The highest BCUT2D eigenvalue weighted by Gasteiger charge is 2.20. The average Bonchev–Trinajstić information content (AvgIpc) is 3.34. The molecule has 4 aromatic heterocycles. The van der Waals surface area contributed by atoms with Crippen molar-refractivity contribution in [2.75, 3.05) is 5.32 Å². The molecule has 120 valence electrons. The minimum absolute atomic E-state index is 0.283. The van der Waals surface area contributed by atoms with E-state index in [1.54, 1.807) is 24.5 Å². The zero-order valence-corrected chi connectivity index (χ0v) is 14.0. The average molecular weight is 358 g/mol. The molecule has 0 fully saturated rings. The van der Waals surface area contributed by atoms with Crippen LogP contribution in [0.5, 0.6) is 0 Å². The molecule has 0 aromatic carbocycles. The van der Waals surface area contributed by atoms with E-state index in [2.05, 4.69) is 25.7 Å². The lowest BCUT2D eigenvalue weighted by molar-refractivity contribution is 0.102. The fourth-order valence-corrected chi connectivity index (χ4v) is 3.73. The molecule has 4 rings (SSSR count). The fourth-order valence-electron chi connectivity index (χ4n) is 2.04. The predicted octanol–water partition coefficient (Wildman–Crippen LogP) is 2.91. The van der Waals surface area contributed by atoms with E-state index < -0.39 is 0 Å². The van der Waals surface area contributed by atoms with Crippen molar-refractivity contribution in [3.8, 4) is 21.3 Å². The number of hydrogen-bond acceptors (Lipinski definition) is 8. The standard InChI is InChI=1S/C14H10N6O2S2/c1-20-18-12(17-19-20)11-10(9-3-2-6-23-9)15-14(24-11)16-13(21)8-4-5-22-7-8/h2-7H,1H3,(H,15,16,21). The zero-order valence-electron chi connectivity index (χ0n) is 12.3. The molecule has 8 nitrogen and oxygen atoms in total. The molecule has 0 aliphatic rings. The Morgan fingerprint density at radius 1 is 1.38 bits per heavy atom. The number of nitrogens with one attached hydrogen (secondary N) is 1. The first kappa shape index (κ1) is 14.7. The second-order valence-electron chi connectivity index (χ2n) is 4.74. The maximum Gasteiger partial charge on any atom is 0.260 e. The van der Waals surface area contributed by atoms with Crippen LogP contribution in [-0.2, 0) is 7.05 Å². The number of amides is 1. The Hall–Kier alpha value is -2.85. The van der Waals surface area contributed by atoms with Crippen LogP contribution >= 0.6 is 22.7 Å². The molecule has 1 N–H and O–H groups in total. The molecule has 0 bridgehead atoms. The molecule has 0 aliphatic heterocycles. The third-order valence-electron chi connectivity index (χ3n) is 3.10. The van der Waals surface area contributed by atoms with E-state index in [1.807, 2.05) is 17.5 Å². The number of furan rings is 1. The van der Waals surface area contributed by atoms with Crippen LogP contribution in [0.3, 0.4) is 0 Å². The molecule has 0 saturated heterocycles. The van der Waals surface area contributed by atoms with E-state index in [-0.39, 0.29) is 5.91 Å². The van der Waals surface area contributed by atoms with Gasteiger partial charge in [-0.05, 0) is 22.7 Å². The van der Waals surface area contributed by atoms with Gasteiger partial charge in [-0.1, -0.05) is 17.4 Å². The van der Waals surface area contributed by atoms with Crippen molar-refractivity contribution in [3.05, 3.63) is 41.7 Å². The highest BCUT2D eigenvalue weighted by molar-refractivity contribution is 7.20. The van der Waals surface area contributed by atoms with Gasteiger partial charge >= 0.3 is 0 Å². The summed E-state index contributed by atoms with van der Waals surface area (Å²) in [6, 6.07) is 5.49. The number of thiazole rings is 1. The Kier molecular flexibility index (Phi) is 3.67. The number of anilines is 1. The van der Waals surface area contributed by atoms with Crippen molar-refractivity contribution in [1.82, 2.24) is 25.2 Å². The van der Waals surface area contributed by atoms with E-state index in [0.29, 0.717) is 16.5 Å². The number of rotatable bonds is 4. The van der Waals surface area contributed by atoms with Crippen LogP contribution in [0.1, 0.15) is 10.4 Å². The number of carbonyl (C=O) groups excluding carboxylic acids is 1. The molecule has 0 saturated carbocycles.